The van der Waals surface area contributed by atoms with Crippen LogP contribution in [0, 0.1) is 0 Å². The summed E-state index contributed by atoms with van der Waals surface area (Å²) >= 11 is 0. The maximum absolute atomic E-state index is 11.7. The zero-order chi connectivity index (χ0) is 16.9. The van der Waals surface area contributed by atoms with Crippen LogP contribution >= 0.6 is 0 Å². The molecule has 23 heavy (non-hydrogen) atoms. The summed E-state index contributed by atoms with van der Waals surface area (Å²) in [7, 11) is 0. The molecule has 2 N–H and O–H groups in total. The Morgan fingerprint density at radius 3 is 2.39 bits per heavy atom. The summed E-state index contributed by atoms with van der Waals surface area (Å²) in [6.07, 6.45) is 10.4. The molecule has 1 heterocycles. The lowest BCUT2D eigenvalue weighted by atomic mass is 9.77. The molecule has 1 aliphatic heterocycles. The van der Waals surface area contributed by atoms with Crippen molar-refractivity contribution in [1.82, 2.24) is 9.80 Å². The van der Waals surface area contributed by atoms with Crippen LogP contribution in [-0.4, -0.2) is 46.3 Å². The highest BCUT2D eigenvalue weighted by Gasteiger charge is 2.40. The van der Waals surface area contributed by atoms with E-state index in [1.807, 2.05) is 6.92 Å². The quantitative estimate of drug-likeness (QED) is 0.418. The molecule has 2 rings (SSSR count). The molecule has 0 aromatic carbocycles. The number of rotatable bonds is 8. The van der Waals surface area contributed by atoms with Gasteiger partial charge in [0.15, 0.2) is 0 Å². The second-order valence-corrected chi connectivity index (χ2v) is 6.57. The molecule has 6 heteroatoms. The summed E-state index contributed by atoms with van der Waals surface area (Å²) in [5.41, 5.74) is 5.89. The Hall–Kier alpha value is -1.69. The Labute approximate surface area is 137 Å². The number of carbonyl (C=O) groups is 3. The van der Waals surface area contributed by atoms with Crippen LogP contribution in [0.5, 0.6) is 0 Å². The van der Waals surface area contributed by atoms with Crippen molar-refractivity contribution in [3.8, 4) is 0 Å². The van der Waals surface area contributed by atoms with Gasteiger partial charge in [0.1, 0.15) is 0 Å². The second kappa shape index (κ2) is 7.73. The Morgan fingerprint density at radius 1 is 1.26 bits per heavy atom. The van der Waals surface area contributed by atoms with Gasteiger partial charge in [-0.1, -0.05) is 32.6 Å². The lowest BCUT2D eigenvalue weighted by Crippen LogP contribution is -2.58. The molecule has 1 fully saturated rings. The highest BCUT2D eigenvalue weighted by molar-refractivity contribution is 6.12. The van der Waals surface area contributed by atoms with Gasteiger partial charge in [-0.15, -0.1) is 0 Å². The standard InChI is InChI=1S/C17H27N3O3/c1-2-6-14(18)20(13-21)17(9-4-3-5-10-17)11-12-19-15(22)7-8-16(19)23/h7-8,13-14H,2-6,9-12,18H2,1H3. The average molecular weight is 321 g/mol. The highest BCUT2D eigenvalue weighted by Crippen LogP contribution is 2.37. The van der Waals surface area contributed by atoms with Crippen molar-refractivity contribution in [3.05, 3.63) is 12.2 Å². The number of hydrogen-bond donors (Lipinski definition) is 1. The number of nitrogens with two attached hydrogens (primary N) is 1. The van der Waals surface area contributed by atoms with Crippen LogP contribution < -0.4 is 5.73 Å². The first kappa shape index (κ1) is 17.7. The minimum atomic E-state index is -0.336. The van der Waals surface area contributed by atoms with Crippen LogP contribution in [0.2, 0.25) is 0 Å². The molecule has 1 saturated carbocycles. The third-order valence-electron chi connectivity index (χ3n) is 5.09. The van der Waals surface area contributed by atoms with Crippen molar-refractivity contribution in [2.45, 2.75) is 70.0 Å². The predicted octanol–water partition coefficient (Wildman–Crippen LogP) is 1.55. The molecular formula is C17H27N3O3. The molecule has 1 aliphatic carbocycles. The van der Waals surface area contributed by atoms with Gasteiger partial charge in [0, 0.05) is 24.2 Å². The summed E-state index contributed by atoms with van der Waals surface area (Å²) < 4.78 is 0. The molecule has 1 unspecified atom stereocenters. The third kappa shape index (κ3) is 3.80. The molecular weight excluding hydrogens is 294 g/mol. The van der Waals surface area contributed by atoms with Crippen molar-refractivity contribution in [2.75, 3.05) is 6.54 Å². The molecule has 128 valence electrons. The van der Waals surface area contributed by atoms with Gasteiger partial charge in [0.2, 0.25) is 6.41 Å². The monoisotopic (exact) mass is 321 g/mol. The summed E-state index contributed by atoms with van der Waals surface area (Å²) in [6, 6.07) is 0. The molecule has 2 aliphatic rings. The number of amides is 3. The van der Waals surface area contributed by atoms with Crippen molar-refractivity contribution in [2.24, 2.45) is 5.73 Å². The summed E-state index contributed by atoms with van der Waals surface area (Å²) in [5.74, 6) is -0.534. The van der Waals surface area contributed by atoms with E-state index in [4.69, 9.17) is 5.73 Å². The smallest absolute Gasteiger partial charge is 0.253 e. The Balaban J connectivity index is 2.12. The van der Waals surface area contributed by atoms with Gasteiger partial charge in [-0.2, -0.15) is 0 Å². The van der Waals surface area contributed by atoms with E-state index < -0.39 is 0 Å². The van der Waals surface area contributed by atoms with Crippen molar-refractivity contribution >= 4 is 18.2 Å². The van der Waals surface area contributed by atoms with Crippen LogP contribution in [-0.2, 0) is 14.4 Å². The lowest BCUT2D eigenvalue weighted by molar-refractivity contribution is -0.138. The first-order valence-electron chi connectivity index (χ1n) is 8.57. The van der Waals surface area contributed by atoms with Gasteiger partial charge in [0.05, 0.1) is 6.17 Å². The van der Waals surface area contributed by atoms with Gasteiger partial charge >= 0.3 is 0 Å². The minimum Gasteiger partial charge on any atom is -0.324 e. The highest BCUT2D eigenvalue weighted by atomic mass is 16.2. The Bertz CT molecular complexity index is 465. The lowest BCUT2D eigenvalue weighted by Gasteiger charge is -2.48. The first-order chi connectivity index (χ1) is 11.0. The molecule has 1 atom stereocenters. The van der Waals surface area contributed by atoms with Gasteiger partial charge < -0.3 is 10.6 Å². The van der Waals surface area contributed by atoms with Crippen LogP contribution in [0.4, 0.5) is 0 Å². The number of carbonyl (C=O) groups excluding carboxylic acids is 3. The molecule has 0 spiro atoms. The predicted molar refractivity (Wildman–Crippen MR) is 87.1 cm³/mol. The van der Waals surface area contributed by atoms with Crippen molar-refractivity contribution in [3.63, 3.8) is 0 Å². The van der Waals surface area contributed by atoms with E-state index in [1.54, 1.807) is 4.90 Å². The fourth-order valence-electron chi connectivity index (χ4n) is 3.80. The van der Waals surface area contributed by atoms with E-state index in [9.17, 15) is 14.4 Å². The second-order valence-electron chi connectivity index (χ2n) is 6.57. The van der Waals surface area contributed by atoms with Gasteiger partial charge in [-0.05, 0) is 25.7 Å². The summed E-state index contributed by atoms with van der Waals surface area (Å²) in [6.45, 7) is 2.39. The average Bonchev–Trinajstić information content (AvgIpc) is 2.86. The number of nitrogens with zero attached hydrogens (tertiary/aromatic N) is 2. The molecule has 0 aromatic rings. The maximum atomic E-state index is 11.7. The van der Waals surface area contributed by atoms with Crippen molar-refractivity contribution < 1.29 is 14.4 Å². The normalized spacial score (nSPS) is 21.6. The van der Waals surface area contributed by atoms with Gasteiger partial charge in [0.25, 0.3) is 11.8 Å². The van der Waals surface area contributed by atoms with E-state index in [1.165, 1.54) is 17.1 Å². The first-order valence-corrected chi connectivity index (χ1v) is 8.57. The maximum Gasteiger partial charge on any atom is 0.253 e. The Kier molecular flexibility index (Phi) is 5.93. The minimum absolute atomic E-state index is 0.267. The molecule has 0 aromatic heterocycles. The largest absolute Gasteiger partial charge is 0.324 e. The van der Waals surface area contributed by atoms with E-state index in [-0.39, 0.29) is 23.5 Å². The topological polar surface area (TPSA) is 83.7 Å². The fourth-order valence-corrected chi connectivity index (χ4v) is 3.80. The summed E-state index contributed by atoms with van der Waals surface area (Å²) in [5, 5.41) is 0. The molecule has 3 amide bonds. The number of hydrogen-bond acceptors (Lipinski definition) is 4. The van der Waals surface area contributed by atoms with Crippen molar-refractivity contribution in [1.29, 1.82) is 0 Å². The van der Waals surface area contributed by atoms with Crippen LogP contribution in [0.25, 0.3) is 0 Å². The molecule has 0 bridgehead atoms. The fraction of sp³-hybridized carbons (Fsp3) is 0.706. The zero-order valence-electron chi connectivity index (χ0n) is 13.9. The molecule has 0 saturated heterocycles. The Morgan fingerprint density at radius 2 is 1.87 bits per heavy atom. The summed E-state index contributed by atoms with van der Waals surface area (Å²) in [4.78, 5) is 38.2. The van der Waals surface area contributed by atoms with Gasteiger partial charge in [-0.3, -0.25) is 19.3 Å². The number of imide groups is 1. The third-order valence-corrected chi connectivity index (χ3v) is 5.09. The van der Waals surface area contributed by atoms with Gasteiger partial charge in [-0.25, -0.2) is 0 Å². The van der Waals surface area contributed by atoms with E-state index in [0.29, 0.717) is 13.0 Å². The SMILES string of the molecule is CCCC(N)N(C=O)C1(CCN2C(=O)C=CC2=O)CCCCC1. The molecule has 6 nitrogen and oxygen atoms in total. The van der Waals surface area contributed by atoms with Crippen LogP contribution in [0.15, 0.2) is 12.2 Å². The zero-order valence-corrected chi connectivity index (χ0v) is 13.9. The van der Waals surface area contributed by atoms with E-state index >= 15 is 0 Å². The van der Waals surface area contributed by atoms with E-state index in [2.05, 4.69) is 0 Å². The molecule has 0 radical (unpaired) electrons. The van der Waals surface area contributed by atoms with E-state index in [0.717, 1.165) is 51.4 Å². The van der Waals surface area contributed by atoms with Crippen LogP contribution in [0.1, 0.15) is 58.3 Å². The van der Waals surface area contributed by atoms with Crippen LogP contribution in [0.3, 0.4) is 0 Å².